The monoisotopic (exact) mass is 392 g/mol. The van der Waals surface area contributed by atoms with Gasteiger partial charge in [0, 0.05) is 33.2 Å². The lowest BCUT2D eigenvalue weighted by Gasteiger charge is -2.34. The van der Waals surface area contributed by atoms with Crippen molar-refractivity contribution in [1.82, 2.24) is 13.9 Å². The first-order valence-corrected chi connectivity index (χ1v) is 9.94. The lowest BCUT2D eigenvalue weighted by Crippen LogP contribution is -2.49. The Hall–Kier alpha value is -2.52. The van der Waals surface area contributed by atoms with Crippen molar-refractivity contribution in [3.8, 4) is 0 Å². The molecule has 1 saturated heterocycles. The number of rotatable bonds is 3. The molecule has 142 valence electrons. The maximum atomic E-state index is 13.9. The molecular formula is C18H18F2N4O2S. The van der Waals surface area contributed by atoms with Crippen LogP contribution in [0.25, 0.3) is 11.0 Å². The second-order valence-corrected chi connectivity index (χ2v) is 8.28. The Bertz CT molecular complexity index is 1090. The van der Waals surface area contributed by atoms with Gasteiger partial charge in [0.05, 0.1) is 11.0 Å². The van der Waals surface area contributed by atoms with Gasteiger partial charge in [0.1, 0.15) is 11.6 Å². The third-order valence-electron chi connectivity index (χ3n) is 4.80. The van der Waals surface area contributed by atoms with Crippen LogP contribution < -0.4 is 4.90 Å². The van der Waals surface area contributed by atoms with E-state index in [2.05, 4.69) is 4.98 Å². The van der Waals surface area contributed by atoms with Crippen molar-refractivity contribution in [2.75, 3.05) is 31.1 Å². The molecule has 0 unspecified atom stereocenters. The molecule has 27 heavy (non-hydrogen) atoms. The minimum atomic E-state index is -4.23. The van der Waals surface area contributed by atoms with Crippen LogP contribution in [0.5, 0.6) is 0 Å². The van der Waals surface area contributed by atoms with Crippen molar-refractivity contribution in [1.29, 1.82) is 0 Å². The Morgan fingerprint density at radius 3 is 2.19 bits per heavy atom. The van der Waals surface area contributed by atoms with Gasteiger partial charge in [-0.15, -0.1) is 0 Å². The van der Waals surface area contributed by atoms with Crippen molar-refractivity contribution in [2.24, 2.45) is 7.05 Å². The summed E-state index contributed by atoms with van der Waals surface area (Å²) in [7, 11) is -2.33. The van der Waals surface area contributed by atoms with Crippen LogP contribution in [0.2, 0.25) is 0 Å². The van der Waals surface area contributed by atoms with Crippen LogP contribution in [0.15, 0.2) is 47.4 Å². The molecule has 9 heteroatoms. The van der Waals surface area contributed by atoms with Crippen LogP contribution >= 0.6 is 0 Å². The minimum Gasteiger partial charge on any atom is -0.340 e. The number of sulfonamides is 1. The van der Waals surface area contributed by atoms with E-state index in [4.69, 9.17) is 0 Å². The van der Waals surface area contributed by atoms with Gasteiger partial charge in [0.2, 0.25) is 16.0 Å². The van der Waals surface area contributed by atoms with Gasteiger partial charge in [-0.05, 0) is 24.3 Å². The van der Waals surface area contributed by atoms with E-state index in [1.807, 2.05) is 40.8 Å². The molecule has 1 aromatic heterocycles. The lowest BCUT2D eigenvalue weighted by molar-refractivity contribution is 0.375. The van der Waals surface area contributed by atoms with Crippen molar-refractivity contribution in [3.05, 3.63) is 54.1 Å². The first kappa shape index (κ1) is 17.9. The van der Waals surface area contributed by atoms with E-state index >= 15 is 0 Å². The van der Waals surface area contributed by atoms with Gasteiger partial charge in [-0.2, -0.15) is 4.31 Å². The van der Waals surface area contributed by atoms with Gasteiger partial charge in [-0.25, -0.2) is 22.2 Å². The van der Waals surface area contributed by atoms with Crippen molar-refractivity contribution < 1.29 is 17.2 Å². The van der Waals surface area contributed by atoms with E-state index in [9.17, 15) is 17.2 Å². The third kappa shape index (κ3) is 2.96. The quantitative estimate of drug-likeness (QED) is 0.687. The summed E-state index contributed by atoms with van der Waals surface area (Å²) in [4.78, 5) is 5.70. The molecule has 2 aromatic carbocycles. The van der Waals surface area contributed by atoms with E-state index in [0.29, 0.717) is 13.1 Å². The first-order valence-electron chi connectivity index (χ1n) is 8.50. The van der Waals surface area contributed by atoms with E-state index in [1.165, 1.54) is 0 Å². The van der Waals surface area contributed by atoms with Gasteiger partial charge < -0.3 is 9.47 Å². The Kier molecular flexibility index (Phi) is 4.35. The highest BCUT2D eigenvalue weighted by atomic mass is 32.2. The molecule has 4 rings (SSSR count). The average molecular weight is 392 g/mol. The van der Waals surface area contributed by atoms with Crippen molar-refractivity contribution >= 4 is 27.0 Å². The molecule has 1 aliphatic heterocycles. The van der Waals surface area contributed by atoms with E-state index in [1.54, 1.807) is 0 Å². The normalized spacial score (nSPS) is 16.2. The van der Waals surface area contributed by atoms with Gasteiger partial charge in [-0.3, -0.25) is 0 Å². The van der Waals surface area contributed by atoms with E-state index in [-0.39, 0.29) is 13.1 Å². The zero-order valence-corrected chi connectivity index (χ0v) is 15.5. The van der Waals surface area contributed by atoms with Gasteiger partial charge >= 0.3 is 0 Å². The number of imidazole rings is 1. The molecule has 0 aliphatic carbocycles. The zero-order valence-electron chi connectivity index (χ0n) is 14.6. The summed E-state index contributed by atoms with van der Waals surface area (Å²) in [5.74, 6) is -1.41. The number of nitrogens with zero attached hydrogens (tertiary/aromatic N) is 4. The number of benzene rings is 2. The second-order valence-electron chi connectivity index (χ2n) is 6.40. The Balaban J connectivity index is 1.57. The first-order chi connectivity index (χ1) is 12.9. The molecule has 0 atom stereocenters. The number of hydrogen-bond donors (Lipinski definition) is 0. The molecule has 3 aromatic rings. The Morgan fingerprint density at radius 1 is 0.926 bits per heavy atom. The molecule has 1 aliphatic rings. The number of aromatic nitrogens is 2. The summed E-state index contributed by atoms with van der Waals surface area (Å²) < 4.78 is 56.3. The van der Waals surface area contributed by atoms with Crippen LogP contribution in [0.1, 0.15) is 0 Å². The summed E-state index contributed by atoms with van der Waals surface area (Å²) in [6, 6.07) is 10.8. The molecule has 0 saturated carbocycles. The fourth-order valence-corrected chi connectivity index (χ4v) is 4.93. The fraction of sp³-hybridized carbons (Fsp3) is 0.278. The minimum absolute atomic E-state index is 0.124. The maximum absolute atomic E-state index is 13.9. The van der Waals surface area contributed by atoms with Crippen LogP contribution in [0.4, 0.5) is 14.7 Å². The SMILES string of the molecule is Cn1c(N2CCN(S(=O)(=O)c3c(F)cccc3F)CC2)nc2ccccc21. The summed E-state index contributed by atoms with van der Waals surface area (Å²) in [5.41, 5.74) is 1.84. The lowest BCUT2D eigenvalue weighted by atomic mass is 10.3. The average Bonchev–Trinajstić information content (AvgIpc) is 2.99. The van der Waals surface area contributed by atoms with Crippen LogP contribution in [0.3, 0.4) is 0 Å². The van der Waals surface area contributed by atoms with Gasteiger partial charge in [-0.1, -0.05) is 18.2 Å². The smallest absolute Gasteiger partial charge is 0.249 e. The predicted molar refractivity (Wildman–Crippen MR) is 98.0 cm³/mol. The highest BCUT2D eigenvalue weighted by molar-refractivity contribution is 7.89. The maximum Gasteiger partial charge on any atom is 0.249 e. The Labute approximate surface area is 155 Å². The topological polar surface area (TPSA) is 58.4 Å². The van der Waals surface area contributed by atoms with Crippen LogP contribution in [-0.4, -0.2) is 48.5 Å². The highest BCUT2D eigenvalue weighted by Gasteiger charge is 2.33. The third-order valence-corrected chi connectivity index (χ3v) is 6.75. The standard InChI is InChI=1S/C18H18F2N4O2S/c1-22-16-8-3-2-7-15(16)21-18(22)23-9-11-24(12-10-23)27(25,26)17-13(19)5-4-6-14(17)20/h2-8H,9-12H2,1H3. The van der Waals surface area contributed by atoms with Crippen LogP contribution in [-0.2, 0) is 17.1 Å². The number of fused-ring (bicyclic) bond motifs is 1. The van der Waals surface area contributed by atoms with E-state index in [0.717, 1.165) is 39.5 Å². The molecule has 0 N–H and O–H groups in total. The highest BCUT2D eigenvalue weighted by Crippen LogP contribution is 2.26. The largest absolute Gasteiger partial charge is 0.340 e. The number of halogens is 2. The fourth-order valence-electron chi connectivity index (χ4n) is 3.40. The summed E-state index contributed by atoms with van der Waals surface area (Å²) in [5, 5.41) is 0. The van der Waals surface area contributed by atoms with Gasteiger partial charge in [0.15, 0.2) is 4.90 Å². The predicted octanol–water partition coefficient (Wildman–Crippen LogP) is 2.36. The number of para-hydroxylation sites is 2. The number of aryl methyl sites for hydroxylation is 1. The molecule has 1 fully saturated rings. The zero-order chi connectivity index (χ0) is 19.2. The number of anilines is 1. The molecule has 0 bridgehead atoms. The summed E-state index contributed by atoms with van der Waals surface area (Å²) in [6.07, 6.45) is 0. The molecular weight excluding hydrogens is 374 g/mol. The van der Waals surface area contributed by atoms with E-state index < -0.39 is 26.6 Å². The number of hydrogen-bond acceptors (Lipinski definition) is 4. The van der Waals surface area contributed by atoms with Crippen LogP contribution in [0, 0.1) is 11.6 Å². The number of piperazine rings is 1. The van der Waals surface area contributed by atoms with Crippen molar-refractivity contribution in [2.45, 2.75) is 4.90 Å². The molecule has 0 amide bonds. The van der Waals surface area contributed by atoms with Crippen molar-refractivity contribution in [3.63, 3.8) is 0 Å². The molecule has 6 nitrogen and oxygen atoms in total. The summed E-state index contributed by atoms with van der Waals surface area (Å²) >= 11 is 0. The summed E-state index contributed by atoms with van der Waals surface area (Å²) in [6.45, 7) is 1.01. The van der Waals surface area contributed by atoms with Gasteiger partial charge in [0.25, 0.3) is 0 Å². The second kappa shape index (κ2) is 6.58. The molecule has 2 heterocycles. The molecule has 0 spiro atoms. The molecule has 0 radical (unpaired) electrons. The Morgan fingerprint density at radius 2 is 1.56 bits per heavy atom.